The highest BCUT2D eigenvalue weighted by atomic mass is 19.1. The Kier molecular flexibility index (Phi) is 5.75. The number of nitrogens with one attached hydrogen (secondary N) is 2. The van der Waals surface area contributed by atoms with E-state index in [1.54, 1.807) is 61.5 Å². The van der Waals surface area contributed by atoms with Crippen LogP contribution in [0.25, 0.3) is 22.7 Å². The fraction of sp³-hybridized carbons (Fsp3) is 0.125. The predicted molar refractivity (Wildman–Crippen MR) is 116 cm³/mol. The minimum absolute atomic E-state index is 0.188. The zero-order valence-corrected chi connectivity index (χ0v) is 16.8. The summed E-state index contributed by atoms with van der Waals surface area (Å²) in [6.07, 6.45) is 0.584. The number of hydrogen-bond donors (Lipinski definition) is 2. The molecule has 0 fully saturated rings. The fourth-order valence-corrected chi connectivity index (χ4v) is 3.24. The van der Waals surface area contributed by atoms with Crippen molar-refractivity contribution in [3.63, 3.8) is 0 Å². The van der Waals surface area contributed by atoms with Crippen LogP contribution in [0.4, 0.5) is 10.1 Å². The van der Waals surface area contributed by atoms with E-state index in [0.29, 0.717) is 46.3 Å². The van der Waals surface area contributed by atoms with Gasteiger partial charge in [0.05, 0.1) is 5.56 Å². The second kappa shape index (κ2) is 8.79. The molecular formula is C24H20FN3O3. The van der Waals surface area contributed by atoms with Crippen molar-refractivity contribution < 1.29 is 13.6 Å². The quantitative estimate of drug-likeness (QED) is 0.475. The summed E-state index contributed by atoms with van der Waals surface area (Å²) in [6, 6.07) is 18.3. The predicted octanol–water partition coefficient (Wildman–Crippen LogP) is 4.72. The van der Waals surface area contributed by atoms with Crippen molar-refractivity contribution in [1.82, 2.24) is 9.97 Å². The van der Waals surface area contributed by atoms with Crippen LogP contribution in [-0.2, 0) is 11.2 Å². The maximum atomic E-state index is 13.9. The number of benzene rings is 2. The summed E-state index contributed by atoms with van der Waals surface area (Å²) in [6.45, 7) is 1.75. The number of H-pyrrole nitrogens is 1. The van der Waals surface area contributed by atoms with Crippen LogP contribution in [0.2, 0.25) is 0 Å². The molecular weight excluding hydrogens is 397 g/mol. The lowest BCUT2D eigenvalue weighted by atomic mass is 10.1. The summed E-state index contributed by atoms with van der Waals surface area (Å²) in [5.74, 6) is 0.930. The first-order chi connectivity index (χ1) is 15.0. The normalized spacial score (nSPS) is 10.8. The Morgan fingerprint density at radius 3 is 2.74 bits per heavy atom. The van der Waals surface area contributed by atoms with Gasteiger partial charge in [-0.25, -0.2) is 9.37 Å². The van der Waals surface area contributed by atoms with Crippen LogP contribution < -0.4 is 10.9 Å². The maximum absolute atomic E-state index is 13.9. The number of halogens is 1. The number of aryl methyl sites for hydroxylation is 2. The molecule has 0 saturated heterocycles. The Morgan fingerprint density at radius 1 is 1.10 bits per heavy atom. The number of furan rings is 1. The number of carbonyl (C=O) groups is 1. The van der Waals surface area contributed by atoms with Gasteiger partial charge in [0.25, 0.3) is 5.56 Å². The molecule has 1 amide bonds. The molecule has 0 bridgehead atoms. The molecule has 0 aliphatic carbocycles. The Morgan fingerprint density at radius 2 is 1.94 bits per heavy atom. The molecule has 2 aromatic carbocycles. The number of carbonyl (C=O) groups excluding carboxylic acids is 1. The summed E-state index contributed by atoms with van der Waals surface area (Å²) >= 11 is 0. The molecule has 0 aliphatic rings. The minimum atomic E-state index is -0.356. The van der Waals surface area contributed by atoms with Crippen LogP contribution in [0.15, 0.2) is 75.9 Å². The van der Waals surface area contributed by atoms with E-state index in [-0.39, 0.29) is 23.7 Å². The second-order valence-electron chi connectivity index (χ2n) is 7.11. The van der Waals surface area contributed by atoms with E-state index < -0.39 is 0 Å². The highest BCUT2D eigenvalue weighted by molar-refractivity contribution is 5.91. The summed E-state index contributed by atoms with van der Waals surface area (Å²) in [5, 5.41) is 2.84. The summed E-state index contributed by atoms with van der Waals surface area (Å²) in [5.41, 5.74) is 2.06. The van der Waals surface area contributed by atoms with Gasteiger partial charge >= 0.3 is 0 Å². The molecule has 4 rings (SSSR count). The van der Waals surface area contributed by atoms with E-state index in [9.17, 15) is 14.0 Å². The van der Waals surface area contributed by atoms with Gasteiger partial charge in [-0.3, -0.25) is 9.59 Å². The molecule has 156 valence electrons. The van der Waals surface area contributed by atoms with Crippen molar-refractivity contribution in [3.05, 3.63) is 94.4 Å². The molecule has 0 atom stereocenters. The third-order valence-corrected chi connectivity index (χ3v) is 4.69. The second-order valence-corrected chi connectivity index (χ2v) is 7.11. The average Bonchev–Trinajstić information content (AvgIpc) is 3.21. The molecule has 2 N–H and O–H groups in total. The molecule has 0 spiro atoms. The van der Waals surface area contributed by atoms with Crippen LogP contribution >= 0.6 is 0 Å². The average molecular weight is 417 g/mol. The Bertz CT molecular complexity index is 1290. The van der Waals surface area contributed by atoms with Crippen molar-refractivity contribution in [2.45, 2.75) is 19.8 Å². The molecule has 4 aromatic rings. The number of rotatable bonds is 6. The number of anilines is 1. The first-order valence-electron chi connectivity index (χ1n) is 9.80. The lowest BCUT2D eigenvalue weighted by molar-refractivity contribution is -0.116. The molecule has 31 heavy (non-hydrogen) atoms. The van der Waals surface area contributed by atoms with Crippen molar-refractivity contribution in [1.29, 1.82) is 0 Å². The fourth-order valence-electron chi connectivity index (χ4n) is 3.24. The SMILES string of the molecule is Cc1cc(=O)[nH]c(-c2cccc(NC(=O)CCc3ccc(-c4ccccc4F)o3)c2)n1. The van der Waals surface area contributed by atoms with E-state index in [4.69, 9.17) is 4.42 Å². The van der Waals surface area contributed by atoms with Crippen molar-refractivity contribution in [3.8, 4) is 22.7 Å². The summed E-state index contributed by atoms with van der Waals surface area (Å²) < 4.78 is 19.6. The molecule has 0 unspecified atom stereocenters. The number of amides is 1. The van der Waals surface area contributed by atoms with E-state index in [2.05, 4.69) is 15.3 Å². The number of aromatic nitrogens is 2. The van der Waals surface area contributed by atoms with Crippen LogP contribution in [0, 0.1) is 12.7 Å². The molecule has 0 radical (unpaired) electrons. The van der Waals surface area contributed by atoms with Crippen LogP contribution in [0.5, 0.6) is 0 Å². The summed E-state index contributed by atoms with van der Waals surface area (Å²) in [7, 11) is 0. The van der Waals surface area contributed by atoms with Gasteiger partial charge in [-0.2, -0.15) is 0 Å². The Labute approximate surface area is 177 Å². The van der Waals surface area contributed by atoms with E-state index >= 15 is 0 Å². The van der Waals surface area contributed by atoms with Crippen LogP contribution in [0.3, 0.4) is 0 Å². The van der Waals surface area contributed by atoms with E-state index in [1.807, 2.05) is 0 Å². The highest BCUT2D eigenvalue weighted by Crippen LogP contribution is 2.25. The minimum Gasteiger partial charge on any atom is -0.461 e. The smallest absolute Gasteiger partial charge is 0.251 e. The molecule has 6 nitrogen and oxygen atoms in total. The molecule has 2 heterocycles. The summed E-state index contributed by atoms with van der Waals surface area (Å²) in [4.78, 5) is 31.1. The van der Waals surface area contributed by atoms with Crippen LogP contribution in [0.1, 0.15) is 17.9 Å². The monoisotopic (exact) mass is 417 g/mol. The van der Waals surface area contributed by atoms with Gasteiger partial charge in [0, 0.05) is 35.9 Å². The van der Waals surface area contributed by atoms with Gasteiger partial charge in [-0.05, 0) is 43.3 Å². The zero-order chi connectivity index (χ0) is 21.8. The van der Waals surface area contributed by atoms with Gasteiger partial charge in [-0.15, -0.1) is 0 Å². The molecule has 2 aromatic heterocycles. The Balaban J connectivity index is 1.40. The molecule has 7 heteroatoms. The van der Waals surface area contributed by atoms with E-state index in [0.717, 1.165) is 0 Å². The third kappa shape index (κ3) is 4.95. The highest BCUT2D eigenvalue weighted by Gasteiger charge is 2.11. The number of nitrogens with zero attached hydrogens (tertiary/aromatic N) is 1. The van der Waals surface area contributed by atoms with E-state index in [1.165, 1.54) is 12.1 Å². The zero-order valence-electron chi connectivity index (χ0n) is 16.8. The third-order valence-electron chi connectivity index (χ3n) is 4.69. The maximum Gasteiger partial charge on any atom is 0.251 e. The first-order valence-corrected chi connectivity index (χ1v) is 9.80. The largest absolute Gasteiger partial charge is 0.461 e. The van der Waals surface area contributed by atoms with Crippen molar-refractivity contribution in [2.24, 2.45) is 0 Å². The molecule has 0 saturated carbocycles. The topological polar surface area (TPSA) is 88.0 Å². The number of hydrogen-bond acceptors (Lipinski definition) is 4. The Hall–Kier alpha value is -4.00. The lowest BCUT2D eigenvalue weighted by Gasteiger charge is -2.07. The lowest BCUT2D eigenvalue weighted by Crippen LogP contribution is -2.12. The molecule has 0 aliphatic heterocycles. The van der Waals surface area contributed by atoms with Gasteiger partial charge in [0.1, 0.15) is 23.2 Å². The first kappa shape index (κ1) is 20.3. The van der Waals surface area contributed by atoms with Gasteiger partial charge in [0.2, 0.25) is 5.91 Å². The van der Waals surface area contributed by atoms with Gasteiger partial charge in [-0.1, -0.05) is 24.3 Å². The van der Waals surface area contributed by atoms with Crippen molar-refractivity contribution >= 4 is 11.6 Å². The number of aromatic amines is 1. The van der Waals surface area contributed by atoms with Gasteiger partial charge < -0.3 is 14.7 Å². The van der Waals surface area contributed by atoms with Crippen LogP contribution in [-0.4, -0.2) is 15.9 Å². The van der Waals surface area contributed by atoms with Gasteiger partial charge in [0.15, 0.2) is 0 Å². The van der Waals surface area contributed by atoms with Crippen molar-refractivity contribution in [2.75, 3.05) is 5.32 Å². The standard InChI is InChI=1S/C24H20FN3O3/c1-15-13-23(30)28-24(26-15)16-5-4-6-17(14-16)27-22(29)12-10-18-9-11-21(31-18)19-7-2-3-8-20(19)25/h2-9,11,13-14H,10,12H2,1H3,(H,27,29)(H,26,28,30).